The van der Waals surface area contributed by atoms with E-state index in [0.717, 1.165) is 18.8 Å². The number of benzene rings is 1. The number of hydrogen-bond donors (Lipinski definition) is 1. The Hall–Kier alpha value is -1.02. The van der Waals surface area contributed by atoms with Gasteiger partial charge in [0.05, 0.1) is 0 Å². The monoisotopic (exact) mass is 191 g/mol. The van der Waals surface area contributed by atoms with Crippen molar-refractivity contribution < 1.29 is 4.74 Å². The Morgan fingerprint density at radius 1 is 1.36 bits per heavy atom. The second-order valence-electron chi connectivity index (χ2n) is 4.58. The van der Waals surface area contributed by atoms with Crippen molar-refractivity contribution in [3.8, 4) is 5.75 Å². The van der Waals surface area contributed by atoms with Gasteiger partial charge >= 0.3 is 0 Å². The Bertz CT molecular complexity index is 344. The molecule has 1 N–H and O–H groups in total. The largest absolute Gasteiger partial charge is 0.486 e. The van der Waals surface area contributed by atoms with Gasteiger partial charge < -0.3 is 10.1 Å². The van der Waals surface area contributed by atoms with Gasteiger partial charge in [-0.05, 0) is 32.4 Å². The van der Waals surface area contributed by atoms with Crippen LogP contribution in [-0.4, -0.2) is 12.1 Å². The van der Waals surface area contributed by atoms with E-state index in [9.17, 15) is 0 Å². The van der Waals surface area contributed by atoms with Crippen LogP contribution in [0, 0.1) is 6.92 Å². The highest BCUT2D eigenvalue weighted by molar-refractivity contribution is 5.38. The van der Waals surface area contributed by atoms with Crippen molar-refractivity contribution in [2.45, 2.75) is 32.9 Å². The van der Waals surface area contributed by atoms with Gasteiger partial charge in [0, 0.05) is 18.7 Å². The summed E-state index contributed by atoms with van der Waals surface area (Å²) in [6.07, 6.45) is 0. The van der Waals surface area contributed by atoms with Crippen molar-refractivity contribution >= 4 is 0 Å². The van der Waals surface area contributed by atoms with Crippen LogP contribution >= 0.6 is 0 Å². The van der Waals surface area contributed by atoms with Gasteiger partial charge in [0.15, 0.2) is 0 Å². The molecule has 0 radical (unpaired) electrons. The third kappa shape index (κ3) is 1.90. The van der Waals surface area contributed by atoms with Gasteiger partial charge in [0.25, 0.3) is 0 Å². The first kappa shape index (κ1) is 9.53. The summed E-state index contributed by atoms with van der Waals surface area (Å²) in [5.74, 6) is 1.03. The summed E-state index contributed by atoms with van der Waals surface area (Å²) in [4.78, 5) is 0. The van der Waals surface area contributed by atoms with Crippen LogP contribution in [0.4, 0.5) is 0 Å². The zero-order chi connectivity index (χ0) is 10.2. The van der Waals surface area contributed by atoms with E-state index in [4.69, 9.17) is 4.74 Å². The van der Waals surface area contributed by atoms with Crippen molar-refractivity contribution in [2.75, 3.05) is 6.54 Å². The van der Waals surface area contributed by atoms with E-state index < -0.39 is 0 Å². The molecule has 0 saturated carbocycles. The van der Waals surface area contributed by atoms with Gasteiger partial charge in [-0.3, -0.25) is 0 Å². The van der Waals surface area contributed by atoms with Crippen LogP contribution in [0.25, 0.3) is 0 Å². The molecule has 2 rings (SSSR count). The molecule has 0 spiro atoms. The predicted octanol–water partition coefficient (Wildman–Crippen LogP) is 2.26. The molecule has 0 bridgehead atoms. The lowest BCUT2D eigenvalue weighted by Gasteiger charge is -2.24. The number of aryl methyl sites for hydroxylation is 1. The molecule has 14 heavy (non-hydrogen) atoms. The summed E-state index contributed by atoms with van der Waals surface area (Å²) < 4.78 is 5.96. The molecule has 1 aliphatic heterocycles. The fourth-order valence-electron chi connectivity index (χ4n) is 1.73. The van der Waals surface area contributed by atoms with E-state index in [-0.39, 0.29) is 5.60 Å². The first-order valence-electron chi connectivity index (χ1n) is 5.06. The number of rotatable bonds is 0. The molecule has 2 heteroatoms. The molecule has 0 atom stereocenters. The molecule has 0 aromatic heterocycles. The lowest BCUT2D eigenvalue weighted by Crippen LogP contribution is -2.37. The average molecular weight is 191 g/mol. The van der Waals surface area contributed by atoms with Crippen LogP contribution in [0.5, 0.6) is 5.75 Å². The van der Waals surface area contributed by atoms with Crippen molar-refractivity contribution in [3.63, 3.8) is 0 Å². The molecule has 2 nitrogen and oxygen atoms in total. The maximum Gasteiger partial charge on any atom is 0.124 e. The lowest BCUT2D eigenvalue weighted by molar-refractivity contribution is 0.115. The minimum atomic E-state index is -0.112. The minimum Gasteiger partial charge on any atom is -0.486 e. The number of ether oxygens (including phenoxy) is 1. The highest BCUT2D eigenvalue weighted by Crippen LogP contribution is 2.26. The normalized spacial score (nSPS) is 19.4. The van der Waals surface area contributed by atoms with E-state index in [1.165, 1.54) is 11.1 Å². The molecule has 0 amide bonds. The molecule has 1 aromatic carbocycles. The molecule has 0 fully saturated rings. The van der Waals surface area contributed by atoms with Crippen molar-refractivity contribution in [2.24, 2.45) is 0 Å². The van der Waals surface area contributed by atoms with Crippen LogP contribution in [-0.2, 0) is 6.54 Å². The predicted molar refractivity (Wildman–Crippen MR) is 57.6 cm³/mol. The van der Waals surface area contributed by atoms with Crippen molar-refractivity contribution in [3.05, 3.63) is 29.3 Å². The Morgan fingerprint density at radius 2 is 2.14 bits per heavy atom. The van der Waals surface area contributed by atoms with Crippen LogP contribution in [0.3, 0.4) is 0 Å². The van der Waals surface area contributed by atoms with Crippen molar-refractivity contribution in [1.29, 1.82) is 0 Å². The van der Waals surface area contributed by atoms with Gasteiger partial charge in [0.2, 0.25) is 0 Å². The molecular formula is C12H17NO. The third-order valence-electron chi connectivity index (χ3n) is 2.48. The second kappa shape index (κ2) is 3.28. The number of fused-ring (bicyclic) bond motifs is 1. The van der Waals surface area contributed by atoms with E-state index in [2.05, 4.69) is 44.3 Å². The summed E-state index contributed by atoms with van der Waals surface area (Å²) in [5.41, 5.74) is 2.39. The van der Waals surface area contributed by atoms with Gasteiger partial charge in [-0.2, -0.15) is 0 Å². The van der Waals surface area contributed by atoms with Crippen LogP contribution < -0.4 is 10.1 Å². The number of hydrogen-bond acceptors (Lipinski definition) is 2. The van der Waals surface area contributed by atoms with Gasteiger partial charge in [0.1, 0.15) is 11.4 Å². The van der Waals surface area contributed by atoms with E-state index in [1.54, 1.807) is 0 Å². The smallest absolute Gasteiger partial charge is 0.124 e. The molecular weight excluding hydrogens is 174 g/mol. The summed E-state index contributed by atoms with van der Waals surface area (Å²) in [5, 5.41) is 3.39. The first-order valence-corrected chi connectivity index (χ1v) is 5.06. The quantitative estimate of drug-likeness (QED) is 0.679. The average Bonchev–Trinajstić information content (AvgIpc) is 2.21. The molecule has 0 unspecified atom stereocenters. The topological polar surface area (TPSA) is 21.3 Å². The van der Waals surface area contributed by atoms with Crippen LogP contribution in [0.1, 0.15) is 25.0 Å². The van der Waals surface area contributed by atoms with Gasteiger partial charge in [-0.15, -0.1) is 0 Å². The fraction of sp³-hybridized carbons (Fsp3) is 0.500. The second-order valence-corrected chi connectivity index (χ2v) is 4.58. The molecule has 1 heterocycles. The molecule has 0 saturated heterocycles. The zero-order valence-corrected chi connectivity index (χ0v) is 9.05. The first-order chi connectivity index (χ1) is 6.57. The van der Waals surface area contributed by atoms with E-state index in [1.807, 2.05) is 0 Å². The SMILES string of the molecule is Cc1ccc2c(c1)OC(C)(C)CNC2. The van der Waals surface area contributed by atoms with Gasteiger partial charge in [-0.1, -0.05) is 12.1 Å². The maximum atomic E-state index is 5.96. The molecule has 76 valence electrons. The summed E-state index contributed by atoms with van der Waals surface area (Å²) in [6.45, 7) is 8.10. The third-order valence-corrected chi connectivity index (χ3v) is 2.48. The molecule has 1 aliphatic rings. The Morgan fingerprint density at radius 3 is 2.93 bits per heavy atom. The zero-order valence-electron chi connectivity index (χ0n) is 9.05. The Kier molecular flexibility index (Phi) is 2.23. The Labute approximate surface area is 85.3 Å². The molecule has 0 aliphatic carbocycles. The maximum absolute atomic E-state index is 5.96. The summed E-state index contributed by atoms with van der Waals surface area (Å²) in [7, 11) is 0. The highest BCUT2D eigenvalue weighted by Gasteiger charge is 2.23. The summed E-state index contributed by atoms with van der Waals surface area (Å²) >= 11 is 0. The van der Waals surface area contributed by atoms with E-state index >= 15 is 0 Å². The number of nitrogens with one attached hydrogen (secondary N) is 1. The van der Waals surface area contributed by atoms with Crippen molar-refractivity contribution in [1.82, 2.24) is 5.32 Å². The van der Waals surface area contributed by atoms with Crippen LogP contribution in [0.15, 0.2) is 18.2 Å². The van der Waals surface area contributed by atoms with Crippen LogP contribution in [0.2, 0.25) is 0 Å². The Balaban J connectivity index is 2.38. The fourth-order valence-corrected chi connectivity index (χ4v) is 1.73. The van der Waals surface area contributed by atoms with Gasteiger partial charge in [-0.25, -0.2) is 0 Å². The summed E-state index contributed by atoms with van der Waals surface area (Å²) in [6, 6.07) is 6.38. The minimum absolute atomic E-state index is 0.112. The highest BCUT2D eigenvalue weighted by atomic mass is 16.5. The standard InChI is InChI=1S/C12H17NO/c1-9-4-5-10-7-13-8-12(2,3)14-11(10)6-9/h4-6,13H,7-8H2,1-3H3. The molecule has 1 aromatic rings. The lowest BCUT2D eigenvalue weighted by atomic mass is 10.1. The van der Waals surface area contributed by atoms with E-state index in [0.29, 0.717) is 0 Å².